The number of halogens is 2. The number of nitrogens with two attached hydrogens (primary N) is 1. The highest BCUT2D eigenvalue weighted by Crippen LogP contribution is 2.25. The van der Waals surface area contributed by atoms with Gasteiger partial charge in [-0.15, -0.1) is 0 Å². The first-order valence-electron chi connectivity index (χ1n) is 5.99. The Morgan fingerprint density at radius 3 is 2.78 bits per heavy atom. The van der Waals surface area contributed by atoms with E-state index in [-0.39, 0.29) is 11.9 Å². The van der Waals surface area contributed by atoms with Crippen molar-refractivity contribution in [1.29, 1.82) is 0 Å². The number of benzene rings is 1. The zero-order valence-corrected chi connectivity index (χ0v) is 11.7. The molecule has 5 heteroatoms. The van der Waals surface area contributed by atoms with Gasteiger partial charge in [0.25, 0.3) is 5.91 Å². The van der Waals surface area contributed by atoms with E-state index in [2.05, 4.69) is 0 Å². The summed E-state index contributed by atoms with van der Waals surface area (Å²) in [4.78, 5) is 14.1. The Morgan fingerprint density at radius 1 is 1.50 bits per heavy atom. The molecule has 18 heavy (non-hydrogen) atoms. The van der Waals surface area contributed by atoms with Crippen molar-refractivity contribution in [3.05, 3.63) is 33.8 Å². The third-order valence-corrected chi connectivity index (χ3v) is 3.96. The summed E-state index contributed by atoms with van der Waals surface area (Å²) in [6.45, 7) is 3.42. The summed E-state index contributed by atoms with van der Waals surface area (Å²) in [5, 5.41) is 0.933. The zero-order chi connectivity index (χ0) is 13.3. The summed E-state index contributed by atoms with van der Waals surface area (Å²) in [5.74, 6) is 0.333. The lowest BCUT2D eigenvalue weighted by Crippen LogP contribution is -2.33. The van der Waals surface area contributed by atoms with Crippen molar-refractivity contribution >= 4 is 29.1 Å². The van der Waals surface area contributed by atoms with E-state index in [9.17, 15) is 4.79 Å². The monoisotopic (exact) mass is 286 g/mol. The minimum absolute atomic E-state index is 0.0418. The summed E-state index contributed by atoms with van der Waals surface area (Å²) in [5.41, 5.74) is 6.37. The van der Waals surface area contributed by atoms with Crippen LogP contribution in [-0.4, -0.2) is 29.9 Å². The van der Waals surface area contributed by atoms with Crippen LogP contribution in [-0.2, 0) is 0 Å². The van der Waals surface area contributed by atoms with Crippen LogP contribution in [0.2, 0.25) is 10.0 Å². The van der Waals surface area contributed by atoms with E-state index < -0.39 is 0 Å². The first kappa shape index (κ1) is 13.7. The normalized spacial score (nSPS) is 21.1. The first-order valence-corrected chi connectivity index (χ1v) is 6.74. The number of hydrogen-bond donors (Lipinski definition) is 1. The van der Waals surface area contributed by atoms with Gasteiger partial charge in [-0.25, -0.2) is 0 Å². The van der Waals surface area contributed by atoms with Crippen LogP contribution in [0.1, 0.15) is 23.7 Å². The standard InChI is InChI=1S/C13H16Cl2N2O/c1-8(16)9-4-5-17(7-9)13(18)11-3-2-10(14)6-12(11)15/h2-3,6,8-9H,4-5,7,16H2,1H3. The van der Waals surface area contributed by atoms with E-state index in [0.29, 0.717) is 28.1 Å². The number of amides is 1. The maximum atomic E-state index is 12.3. The van der Waals surface area contributed by atoms with E-state index in [1.54, 1.807) is 18.2 Å². The van der Waals surface area contributed by atoms with Crippen molar-refractivity contribution in [2.75, 3.05) is 13.1 Å². The van der Waals surface area contributed by atoms with Crippen LogP contribution in [0.25, 0.3) is 0 Å². The van der Waals surface area contributed by atoms with Gasteiger partial charge in [0.1, 0.15) is 0 Å². The lowest BCUT2D eigenvalue weighted by atomic mass is 10.0. The van der Waals surface area contributed by atoms with Crippen LogP contribution >= 0.6 is 23.2 Å². The van der Waals surface area contributed by atoms with Gasteiger partial charge in [-0.05, 0) is 37.5 Å². The lowest BCUT2D eigenvalue weighted by Gasteiger charge is -2.18. The van der Waals surface area contributed by atoms with Gasteiger partial charge in [-0.1, -0.05) is 23.2 Å². The Morgan fingerprint density at radius 2 is 2.22 bits per heavy atom. The number of carbonyl (C=O) groups excluding carboxylic acids is 1. The molecule has 1 aromatic rings. The Balaban J connectivity index is 2.13. The first-order chi connectivity index (χ1) is 8.49. The minimum Gasteiger partial charge on any atom is -0.338 e. The number of carbonyl (C=O) groups is 1. The summed E-state index contributed by atoms with van der Waals surface area (Å²) in [6.07, 6.45) is 0.953. The third kappa shape index (κ3) is 2.79. The molecule has 0 radical (unpaired) electrons. The molecule has 3 nitrogen and oxygen atoms in total. The van der Waals surface area contributed by atoms with Crippen molar-refractivity contribution in [2.45, 2.75) is 19.4 Å². The zero-order valence-electron chi connectivity index (χ0n) is 10.2. The molecule has 0 aliphatic carbocycles. The number of nitrogens with zero attached hydrogens (tertiary/aromatic N) is 1. The number of rotatable bonds is 2. The average molecular weight is 287 g/mol. The van der Waals surface area contributed by atoms with Gasteiger partial charge in [0.15, 0.2) is 0 Å². The molecule has 2 atom stereocenters. The maximum absolute atomic E-state index is 12.3. The molecule has 0 saturated carbocycles. The molecule has 1 aliphatic heterocycles. The van der Waals surface area contributed by atoms with E-state index in [1.165, 1.54) is 0 Å². The quantitative estimate of drug-likeness (QED) is 0.909. The summed E-state index contributed by atoms with van der Waals surface area (Å²) < 4.78 is 0. The van der Waals surface area contributed by atoms with Gasteiger partial charge in [0, 0.05) is 24.2 Å². The molecule has 0 aromatic heterocycles. The molecule has 1 aliphatic rings. The molecule has 2 N–H and O–H groups in total. The van der Waals surface area contributed by atoms with Crippen LogP contribution in [0.4, 0.5) is 0 Å². The SMILES string of the molecule is CC(N)C1CCN(C(=O)c2ccc(Cl)cc2Cl)C1. The van der Waals surface area contributed by atoms with Crippen LogP contribution in [0.15, 0.2) is 18.2 Å². The van der Waals surface area contributed by atoms with E-state index in [4.69, 9.17) is 28.9 Å². The van der Waals surface area contributed by atoms with Crippen molar-refractivity contribution in [1.82, 2.24) is 4.90 Å². The average Bonchev–Trinajstić information content (AvgIpc) is 2.77. The second kappa shape index (κ2) is 5.47. The molecular weight excluding hydrogens is 271 g/mol. The maximum Gasteiger partial charge on any atom is 0.255 e. The molecular formula is C13H16Cl2N2O. The Kier molecular flexibility index (Phi) is 4.15. The second-order valence-corrected chi connectivity index (χ2v) is 5.63. The topological polar surface area (TPSA) is 46.3 Å². The fourth-order valence-electron chi connectivity index (χ4n) is 2.23. The molecule has 1 aromatic carbocycles. The predicted octanol–water partition coefficient (Wildman–Crippen LogP) is 2.80. The van der Waals surface area contributed by atoms with Gasteiger partial charge in [-0.2, -0.15) is 0 Å². The molecule has 1 fully saturated rings. The number of likely N-dealkylation sites (tertiary alicyclic amines) is 1. The summed E-state index contributed by atoms with van der Waals surface area (Å²) in [6, 6.07) is 5.06. The summed E-state index contributed by atoms with van der Waals surface area (Å²) >= 11 is 11.9. The molecule has 1 amide bonds. The lowest BCUT2D eigenvalue weighted by molar-refractivity contribution is 0.0786. The summed E-state index contributed by atoms with van der Waals surface area (Å²) in [7, 11) is 0. The minimum atomic E-state index is -0.0418. The molecule has 2 unspecified atom stereocenters. The van der Waals surface area contributed by atoms with Crippen molar-refractivity contribution in [3.63, 3.8) is 0 Å². The van der Waals surface area contributed by atoms with Crippen LogP contribution in [0.5, 0.6) is 0 Å². The second-order valence-electron chi connectivity index (χ2n) is 4.78. The molecule has 1 saturated heterocycles. The smallest absolute Gasteiger partial charge is 0.255 e. The third-order valence-electron chi connectivity index (χ3n) is 3.42. The fraction of sp³-hybridized carbons (Fsp3) is 0.462. The highest BCUT2D eigenvalue weighted by atomic mass is 35.5. The van der Waals surface area contributed by atoms with Gasteiger partial charge in [-0.3, -0.25) is 4.79 Å². The van der Waals surface area contributed by atoms with Crippen LogP contribution in [0, 0.1) is 5.92 Å². The van der Waals surface area contributed by atoms with Gasteiger partial charge < -0.3 is 10.6 Å². The Labute approximate surface area is 117 Å². The molecule has 0 spiro atoms. The fourth-order valence-corrected chi connectivity index (χ4v) is 2.72. The predicted molar refractivity (Wildman–Crippen MR) is 74.1 cm³/mol. The van der Waals surface area contributed by atoms with Crippen LogP contribution in [0.3, 0.4) is 0 Å². The van der Waals surface area contributed by atoms with Crippen molar-refractivity contribution in [2.24, 2.45) is 11.7 Å². The molecule has 1 heterocycles. The van der Waals surface area contributed by atoms with E-state index >= 15 is 0 Å². The van der Waals surface area contributed by atoms with Crippen molar-refractivity contribution < 1.29 is 4.79 Å². The largest absolute Gasteiger partial charge is 0.338 e. The van der Waals surface area contributed by atoms with Crippen molar-refractivity contribution in [3.8, 4) is 0 Å². The van der Waals surface area contributed by atoms with Gasteiger partial charge in [0.05, 0.1) is 10.6 Å². The Hall–Kier alpha value is -0.770. The molecule has 0 bridgehead atoms. The van der Waals surface area contributed by atoms with E-state index in [1.807, 2.05) is 11.8 Å². The highest BCUT2D eigenvalue weighted by molar-refractivity contribution is 6.36. The van der Waals surface area contributed by atoms with Crippen LogP contribution < -0.4 is 5.73 Å². The molecule has 2 rings (SSSR count). The molecule has 98 valence electrons. The highest BCUT2D eigenvalue weighted by Gasteiger charge is 2.29. The van der Waals surface area contributed by atoms with E-state index in [0.717, 1.165) is 13.0 Å². The van der Waals surface area contributed by atoms with Gasteiger partial charge >= 0.3 is 0 Å². The Bertz CT molecular complexity index is 462. The van der Waals surface area contributed by atoms with Gasteiger partial charge in [0.2, 0.25) is 0 Å². The number of hydrogen-bond acceptors (Lipinski definition) is 2.